The molecule has 0 aliphatic rings. The van der Waals surface area contributed by atoms with Crippen LogP contribution in [-0.2, 0) is 17.9 Å². The average Bonchev–Trinajstić information content (AvgIpc) is 2.96. The molecule has 0 saturated heterocycles. The molecule has 0 aliphatic carbocycles. The van der Waals surface area contributed by atoms with Crippen LogP contribution in [0, 0.1) is 18.3 Å². The number of furan rings is 1. The molecule has 0 unspecified atom stereocenters. The van der Waals surface area contributed by atoms with E-state index in [9.17, 15) is 10.1 Å². The van der Waals surface area contributed by atoms with Crippen LogP contribution in [0.2, 0.25) is 0 Å². The Morgan fingerprint density at radius 2 is 1.96 bits per heavy atom. The van der Waals surface area contributed by atoms with Gasteiger partial charge in [-0.15, -0.1) is 0 Å². The predicted molar refractivity (Wildman–Crippen MR) is 93.8 cm³/mol. The molecule has 3 rings (SSSR count). The number of carbonyl (C=O) groups excluding carboxylic acids is 1. The van der Waals surface area contributed by atoms with E-state index in [0.717, 1.165) is 16.5 Å². The van der Waals surface area contributed by atoms with Gasteiger partial charge in [0.25, 0.3) is 0 Å². The Morgan fingerprint density at radius 1 is 1.20 bits per heavy atom. The summed E-state index contributed by atoms with van der Waals surface area (Å²) in [5.74, 6) is 0.650. The maximum absolute atomic E-state index is 12.2. The smallest absolute Gasteiger partial charge is 0.410 e. The molecule has 0 fully saturated rings. The summed E-state index contributed by atoms with van der Waals surface area (Å²) in [4.78, 5) is 13.6. The second kappa shape index (κ2) is 7.10. The molecule has 126 valence electrons. The molecule has 0 saturated carbocycles. The van der Waals surface area contributed by atoms with Crippen molar-refractivity contribution >= 4 is 17.1 Å². The van der Waals surface area contributed by atoms with Gasteiger partial charge < -0.3 is 14.1 Å². The van der Waals surface area contributed by atoms with Gasteiger partial charge in [-0.05, 0) is 24.6 Å². The average molecular weight is 334 g/mol. The van der Waals surface area contributed by atoms with Crippen molar-refractivity contribution in [2.24, 2.45) is 0 Å². The minimum atomic E-state index is -0.427. The van der Waals surface area contributed by atoms with Crippen molar-refractivity contribution < 1.29 is 13.9 Å². The number of rotatable bonds is 4. The minimum absolute atomic E-state index is 0.224. The predicted octanol–water partition coefficient (Wildman–Crippen LogP) is 4.38. The number of amides is 1. The number of hydrogen-bond acceptors (Lipinski definition) is 4. The molecular formula is C20H18N2O3. The molecule has 0 bridgehead atoms. The normalized spacial score (nSPS) is 10.4. The van der Waals surface area contributed by atoms with Crippen LogP contribution in [0.25, 0.3) is 11.0 Å². The summed E-state index contributed by atoms with van der Waals surface area (Å²) in [6.45, 7) is 2.39. The fourth-order valence-electron chi connectivity index (χ4n) is 2.71. The lowest BCUT2D eigenvalue weighted by Crippen LogP contribution is -2.26. The molecule has 1 aromatic heterocycles. The van der Waals surface area contributed by atoms with Crippen molar-refractivity contribution in [2.45, 2.75) is 20.1 Å². The van der Waals surface area contributed by atoms with Gasteiger partial charge in [0.05, 0.1) is 18.2 Å². The Bertz CT molecular complexity index is 939. The molecule has 5 nitrogen and oxygen atoms in total. The molecule has 25 heavy (non-hydrogen) atoms. The van der Waals surface area contributed by atoms with Crippen molar-refractivity contribution in [1.29, 1.82) is 5.26 Å². The quantitative estimate of drug-likeness (QED) is 0.710. The number of aryl methyl sites for hydroxylation is 1. The van der Waals surface area contributed by atoms with E-state index < -0.39 is 6.09 Å². The van der Waals surface area contributed by atoms with Crippen LogP contribution in [0.5, 0.6) is 0 Å². The first-order chi connectivity index (χ1) is 12.1. The van der Waals surface area contributed by atoms with Gasteiger partial charge in [0.15, 0.2) is 0 Å². The van der Waals surface area contributed by atoms with Gasteiger partial charge in [0.2, 0.25) is 0 Å². The van der Waals surface area contributed by atoms with Crippen molar-refractivity contribution in [3.8, 4) is 6.07 Å². The van der Waals surface area contributed by atoms with E-state index >= 15 is 0 Å². The standard InChI is InChI=1S/C20H18N2O3/c1-14-18(25-17-10-6-9-16(11-21)19(14)17)12-22(2)20(23)24-13-15-7-4-3-5-8-15/h3-10H,12-13H2,1-2H3. The van der Waals surface area contributed by atoms with Gasteiger partial charge in [0, 0.05) is 18.0 Å². The fourth-order valence-corrected chi connectivity index (χ4v) is 2.71. The van der Waals surface area contributed by atoms with Crippen LogP contribution < -0.4 is 0 Å². The highest BCUT2D eigenvalue weighted by Gasteiger charge is 2.18. The molecule has 1 amide bonds. The number of nitriles is 1. The molecule has 0 spiro atoms. The van der Waals surface area contributed by atoms with E-state index in [1.54, 1.807) is 19.2 Å². The molecule has 1 heterocycles. The Kier molecular flexibility index (Phi) is 4.71. The highest BCUT2D eigenvalue weighted by Crippen LogP contribution is 2.28. The zero-order valence-corrected chi connectivity index (χ0v) is 14.2. The first kappa shape index (κ1) is 16.6. The third-order valence-corrected chi connectivity index (χ3v) is 4.07. The van der Waals surface area contributed by atoms with Gasteiger partial charge in [-0.1, -0.05) is 36.4 Å². The number of nitrogens with zero attached hydrogens (tertiary/aromatic N) is 2. The summed E-state index contributed by atoms with van der Waals surface area (Å²) in [5, 5.41) is 10.0. The highest BCUT2D eigenvalue weighted by molar-refractivity contribution is 5.87. The van der Waals surface area contributed by atoms with Gasteiger partial charge in [0.1, 0.15) is 18.0 Å². The summed E-state index contributed by atoms with van der Waals surface area (Å²) >= 11 is 0. The van der Waals surface area contributed by atoms with Gasteiger partial charge in [-0.3, -0.25) is 0 Å². The monoisotopic (exact) mass is 334 g/mol. The van der Waals surface area contributed by atoms with Crippen molar-refractivity contribution in [2.75, 3.05) is 7.05 Å². The number of hydrogen-bond donors (Lipinski definition) is 0. The molecule has 3 aromatic rings. The van der Waals surface area contributed by atoms with E-state index in [1.165, 1.54) is 4.90 Å². The van der Waals surface area contributed by atoms with Crippen molar-refractivity contribution in [3.05, 3.63) is 71.0 Å². The van der Waals surface area contributed by atoms with Crippen LogP contribution in [0.1, 0.15) is 22.5 Å². The Morgan fingerprint density at radius 3 is 2.68 bits per heavy atom. The zero-order valence-electron chi connectivity index (χ0n) is 14.2. The zero-order chi connectivity index (χ0) is 17.8. The Hall–Kier alpha value is -3.26. The lowest BCUT2D eigenvalue weighted by atomic mass is 10.1. The maximum atomic E-state index is 12.2. The fraction of sp³-hybridized carbons (Fsp3) is 0.200. The SMILES string of the molecule is Cc1c(CN(C)C(=O)OCc2ccccc2)oc2cccc(C#N)c12. The van der Waals surface area contributed by atoms with Crippen LogP contribution in [0.3, 0.4) is 0 Å². The summed E-state index contributed by atoms with van der Waals surface area (Å²) in [6, 6.07) is 17.1. The van der Waals surface area contributed by atoms with E-state index in [2.05, 4.69) is 6.07 Å². The van der Waals surface area contributed by atoms with Crippen molar-refractivity contribution in [1.82, 2.24) is 4.90 Å². The highest BCUT2D eigenvalue weighted by atomic mass is 16.6. The molecule has 0 atom stereocenters. The van der Waals surface area contributed by atoms with Gasteiger partial charge in [-0.2, -0.15) is 5.26 Å². The number of benzene rings is 2. The topological polar surface area (TPSA) is 66.5 Å². The summed E-state index contributed by atoms with van der Waals surface area (Å²) < 4.78 is 11.1. The van der Waals surface area contributed by atoms with E-state index in [1.807, 2.05) is 43.3 Å². The van der Waals surface area contributed by atoms with Crippen LogP contribution in [-0.4, -0.2) is 18.0 Å². The first-order valence-corrected chi connectivity index (χ1v) is 7.93. The van der Waals surface area contributed by atoms with Gasteiger partial charge in [-0.25, -0.2) is 4.79 Å². The lowest BCUT2D eigenvalue weighted by Gasteiger charge is -2.16. The second-order valence-electron chi connectivity index (χ2n) is 5.84. The van der Waals surface area contributed by atoms with E-state index in [0.29, 0.717) is 16.9 Å². The molecule has 0 radical (unpaired) electrons. The molecular weight excluding hydrogens is 316 g/mol. The molecule has 0 N–H and O–H groups in total. The number of ether oxygens (including phenoxy) is 1. The number of fused-ring (bicyclic) bond motifs is 1. The Balaban J connectivity index is 1.71. The lowest BCUT2D eigenvalue weighted by molar-refractivity contribution is 0.100. The molecule has 2 aromatic carbocycles. The summed E-state index contributed by atoms with van der Waals surface area (Å²) in [6.07, 6.45) is -0.427. The van der Waals surface area contributed by atoms with Crippen LogP contribution in [0.15, 0.2) is 52.9 Å². The third-order valence-electron chi connectivity index (χ3n) is 4.07. The number of carbonyl (C=O) groups is 1. The molecule has 5 heteroatoms. The van der Waals surface area contributed by atoms with E-state index in [4.69, 9.17) is 9.15 Å². The summed E-state index contributed by atoms with van der Waals surface area (Å²) in [5.41, 5.74) is 3.02. The summed E-state index contributed by atoms with van der Waals surface area (Å²) in [7, 11) is 1.66. The second-order valence-corrected chi connectivity index (χ2v) is 5.84. The first-order valence-electron chi connectivity index (χ1n) is 7.93. The van der Waals surface area contributed by atoms with Crippen molar-refractivity contribution in [3.63, 3.8) is 0 Å². The third kappa shape index (κ3) is 3.48. The van der Waals surface area contributed by atoms with E-state index in [-0.39, 0.29) is 13.2 Å². The Labute approximate surface area is 146 Å². The minimum Gasteiger partial charge on any atom is -0.459 e. The van der Waals surface area contributed by atoms with Crippen LogP contribution in [0.4, 0.5) is 4.79 Å². The van der Waals surface area contributed by atoms with Gasteiger partial charge >= 0.3 is 6.09 Å². The molecule has 0 aliphatic heterocycles. The maximum Gasteiger partial charge on any atom is 0.410 e. The van der Waals surface area contributed by atoms with Crippen LogP contribution >= 0.6 is 0 Å². The largest absolute Gasteiger partial charge is 0.459 e.